The Hall–Kier alpha value is -2.22. The lowest BCUT2D eigenvalue weighted by atomic mass is 10.0. The first-order chi connectivity index (χ1) is 16.6. The van der Waals surface area contributed by atoms with Crippen molar-refractivity contribution in [1.82, 2.24) is 25.7 Å². The van der Waals surface area contributed by atoms with Crippen LogP contribution in [0.2, 0.25) is 0 Å². The summed E-state index contributed by atoms with van der Waals surface area (Å²) in [6, 6.07) is 0.0271. The molecule has 0 bridgehead atoms. The van der Waals surface area contributed by atoms with Crippen LogP contribution in [0.4, 0.5) is 19.1 Å². The van der Waals surface area contributed by atoms with E-state index in [0.717, 1.165) is 12.4 Å². The Morgan fingerprint density at radius 2 is 1.86 bits per heavy atom. The fourth-order valence-corrected chi connectivity index (χ4v) is 4.69. The van der Waals surface area contributed by atoms with Crippen LogP contribution in [0.15, 0.2) is 12.4 Å². The summed E-state index contributed by atoms with van der Waals surface area (Å²) >= 11 is 6.07. The van der Waals surface area contributed by atoms with Gasteiger partial charge in [0.05, 0.1) is 24.4 Å². The molecule has 14 heteroatoms. The first-order valence-electron chi connectivity index (χ1n) is 11.5. The van der Waals surface area contributed by atoms with Crippen molar-refractivity contribution in [1.29, 1.82) is 0 Å². The summed E-state index contributed by atoms with van der Waals surface area (Å²) in [5.74, 6) is -0.173. The van der Waals surface area contributed by atoms with Gasteiger partial charge in [0.2, 0.25) is 5.95 Å². The highest BCUT2D eigenvalue weighted by molar-refractivity contribution is 6.31. The molecule has 2 unspecified atom stereocenters. The lowest BCUT2D eigenvalue weighted by Gasteiger charge is -2.36. The van der Waals surface area contributed by atoms with Gasteiger partial charge in [0, 0.05) is 51.0 Å². The number of ether oxygens (including phenoxy) is 2. The molecule has 1 aromatic rings. The van der Waals surface area contributed by atoms with Crippen LogP contribution in [0.1, 0.15) is 31.7 Å². The van der Waals surface area contributed by atoms with Crippen molar-refractivity contribution in [2.75, 3.05) is 37.7 Å². The van der Waals surface area contributed by atoms with Crippen LogP contribution in [0, 0.1) is 0 Å². The molecule has 0 aromatic carbocycles. The number of alkyl halides is 4. The van der Waals surface area contributed by atoms with E-state index in [-0.39, 0.29) is 36.5 Å². The van der Waals surface area contributed by atoms with E-state index in [1.165, 1.54) is 0 Å². The number of halogens is 4. The van der Waals surface area contributed by atoms with E-state index < -0.39 is 29.3 Å². The Bertz CT molecular complexity index is 900. The summed E-state index contributed by atoms with van der Waals surface area (Å²) in [5.41, 5.74) is 4.28. The minimum Gasteiger partial charge on any atom is -0.369 e. The van der Waals surface area contributed by atoms with Crippen LogP contribution >= 0.6 is 11.6 Å². The number of likely N-dealkylation sites (tertiary alicyclic amines) is 1. The Morgan fingerprint density at radius 3 is 2.51 bits per heavy atom. The third-order valence-corrected chi connectivity index (χ3v) is 6.85. The van der Waals surface area contributed by atoms with Gasteiger partial charge in [0.1, 0.15) is 11.5 Å². The molecule has 3 aliphatic heterocycles. The molecule has 35 heavy (non-hydrogen) atoms. The van der Waals surface area contributed by atoms with Gasteiger partial charge in [-0.1, -0.05) is 0 Å². The van der Waals surface area contributed by atoms with Crippen molar-refractivity contribution in [3.8, 4) is 0 Å². The molecule has 4 rings (SSSR count). The second-order valence-corrected chi connectivity index (χ2v) is 9.36. The highest BCUT2D eigenvalue weighted by Crippen LogP contribution is 2.29. The third kappa shape index (κ3) is 6.13. The SMILES string of the molecule is C[C@@H](CO[C@H]1CCN(C2CCN(c3ncc(C(F)(F)F)cn3)CC2)C1=O)OC1CNNC(=O)C1Cl. The minimum absolute atomic E-state index is 0.0271. The number of anilines is 1. The maximum absolute atomic E-state index is 12.9. The van der Waals surface area contributed by atoms with Crippen molar-refractivity contribution in [3.63, 3.8) is 0 Å². The molecule has 0 saturated carbocycles. The van der Waals surface area contributed by atoms with Gasteiger partial charge in [-0.3, -0.25) is 15.0 Å². The monoisotopic (exact) mass is 520 g/mol. The summed E-state index contributed by atoms with van der Waals surface area (Å²) < 4.78 is 49.8. The summed E-state index contributed by atoms with van der Waals surface area (Å²) in [5, 5.41) is -0.804. The number of aromatic nitrogens is 2. The molecule has 2 N–H and O–H groups in total. The van der Waals surface area contributed by atoms with Crippen LogP contribution in [-0.4, -0.2) is 89.2 Å². The number of hydrogen-bond acceptors (Lipinski definition) is 8. The number of rotatable bonds is 7. The van der Waals surface area contributed by atoms with Gasteiger partial charge in [-0.15, -0.1) is 11.6 Å². The number of hydrogen-bond donors (Lipinski definition) is 2. The molecule has 2 amide bonds. The largest absolute Gasteiger partial charge is 0.419 e. The summed E-state index contributed by atoms with van der Waals surface area (Å²) in [6.07, 6.45) is -2.42. The topological polar surface area (TPSA) is 109 Å². The Kier molecular flexibility index (Phi) is 7.99. The summed E-state index contributed by atoms with van der Waals surface area (Å²) in [7, 11) is 0. The van der Waals surface area contributed by atoms with Gasteiger partial charge in [0.25, 0.3) is 11.8 Å². The predicted molar refractivity (Wildman–Crippen MR) is 118 cm³/mol. The molecule has 0 radical (unpaired) electrons. The molecule has 1 aromatic heterocycles. The quantitative estimate of drug-likeness (QED) is 0.515. The van der Waals surface area contributed by atoms with E-state index in [1.807, 2.05) is 9.80 Å². The average molecular weight is 521 g/mol. The maximum atomic E-state index is 12.9. The van der Waals surface area contributed by atoms with Crippen LogP contribution in [0.3, 0.4) is 0 Å². The Balaban J connectivity index is 1.21. The van der Waals surface area contributed by atoms with Crippen LogP contribution in [0.5, 0.6) is 0 Å². The number of nitrogens with one attached hydrogen (secondary N) is 2. The zero-order chi connectivity index (χ0) is 25.2. The highest BCUT2D eigenvalue weighted by atomic mass is 35.5. The normalized spacial score (nSPS) is 27.3. The van der Waals surface area contributed by atoms with E-state index >= 15 is 0 Å². The molecular weight excluding hydrogens is 493 g/mol. The summed E-state index contributed by atoms with van der Waals surface area (Å²) in [4.78, 5) is 35.9. The molecular formula is C21H28ClF3N6O4. The zero-order valence-corrected chi connectivity index (χ0v) is 19.9. The van der Waals surface area contributed by atoms with E-state index in [9.17, 15) is 22.8 Å². The number of piperidine rings is 1. The molecule has 10 nitrogen and oxygen atoms in total. The smallest absolute Gasteiger partial charge is 0.369 e. The zero-order valence-electron chi connectivity index (χ0n) is 19.1. The lowest BCUT2D eigenvalue weighted by Crippen LogP contribution is -2.57. The number of nitrogens with zero attached hydrogens (tertiary/aromatic N) is 4. The predicted octanol–water partition coefficient (Wildman–Crippen LogP) is 1.10. The standard InChI is InChI=1S/C21H28ClF3N6O4/c1-12(35-16-10-28-29-18(32)17(16)22)11-34-15-4-7-31(19(15)33)14-2-5-30(6-3-14)20-26-8-13(9-27-20)21(23,24)25/h8-9,12,14-17,28H,2-7,10-11H2,1H3,(H,29,32)/t12-,15-,16?,17?/m0/s1. The van der Waals surface area contributed by atoms with Crippen LogP contribution in [0.25, 0.3) is 0 Å². The second kappa shape index (κ2) is 10.8. The molecule has 0 aliphatic carbocycles. The number of amides is 2. The van der Waals surface area contributed by atoms with E-state index in [2.05, 4.69) is 20.8 Å². The fourth-order valence-electron chi connectivity index (χ4n) is 4.49. The van der Waals surface area contributed by atoms with Gasteiger partial charge in [0.15, 0.2) is 0 Å². The third-order valence-electron chi connectivity index (χ3n) is 6.38. The second-order valence-electron chi connectivity index (χ2n) is 8.89. The van der Waals surface area contributed by atoms with Crippen molar-refractivity contribution in [2.45, 2.75) is 62.1 Å². The van der Waals surface area contributed by atoms with E-state index in [4.69, 9.17) is 21.1 Å². The van der Waals surface area contributed by atoms with Gasteiger partial charge in [-0.05, 0) is 19.8 Å². The van der Waals surface area contributed by atoms with Crippen LogP contribution in [-0.2, 0) is 25.2 Å². The first kappa shape index (κ1) is 25.9. The van der Waals surface area contributed by atoms with Gasteiger partial charge in [-0.25, -0.2) is 15.4 Å². The molecule has 3 saturated heterocycles. The van der Waals surface area contributed by atoms with Crippen molar-refractivity contribution >= 4 is 29.4 Å². The van der Waals surface area contributed by atoms with Crippen molar-refractivity contribution in [3.05, 3.63) is 18.0 Å². The lowest BCUT2D eigenvalue weighted by molar-refractivity contribution is -0.143. The molecule has 194 valence electrons. The fraction of sp³-hybridized carbons (Fsp3) is 0.714. The highest BCUT2D eigenvalue weighted by Gasteiger charge is 2.39. The Morgan fingerprint density at radius 1 is 1.17 bits per heavy atom. The molecule has 3 fully saturated rings. The average Bonchev–Trinajstić information content (AvgIpc) is 3.20. The number of carbonyl (C=O) groups excluding carboxylic acids is 2. The van der Waals surface area contributed by atoms with Crippen molar-refractivity contribution < 1.29 is 32.2 Å². The van der Waals surface area contributed by atoms with E-state index in [1.54, 1.807) is 6.92 Å². The Labute approximate surface area is 205 Å². The number of hydrazine groups is 1. The number of carbonyl (C=O) groups is 2. The van der Waals surface area contributed by atoms with Gasteiger partial charge in [-0.2, -0.15) is 13.2 Å². The first-order valence-corrected chi connectivity index (χ1v) is 12.0. The van der Waals surface area contributed by atoms with Crippen LogP contribution < -0.4 is 15.8 Å². The molecule has 3 aliphatic rings. The maximum Gasteiger partial charge on any atom is 0.419 e. The molecule has 0 spiro atoms. The molecule has 4 heterocycles. The molecule has 4 atom stereocenters. The van der Waals surface area contributed by atoms with Crippen molar-refractivity contribution in [2.24, 2.45) is 0 Å². The van der Waals surface area contributed by atoms with Gasteiger partial charge < -0.3 is 19.3 Å². The van der Waals surface area contributed by atoms with E-state index in [0.29, 0.717) is 45.4 Å². The van der Waals surface area contributed by atoms with Gasteiger partial charge >= 0.3 is 6.18 Å². The summed E-state index contributed by atoms with van der Waals surface area (Å²) in [6.45, 7) is 4.02. The minimum atomic E-state index is -4.47.